The molecule has 94 valence electrons. The van der Waals surface area contributed by atoms with Gasteiger partial charge >= 0.3 is 6.61 Å². The highest BCUT2D eigenvalue weighted by molar-refractivity contribution is 5.28. The van der Waals surface area contributed by atoms with E-state index in [1.807, 2.05) is 0 Å². The summed E-state index contributed by atoms with van der Waals surface area (Å²) in [6.07, 6.45) is 1.23. The Bertz CT molecular complexity index is 361. The number of ether oxygens (including phenoxy) is 1. The molecule has 0 radical (unpaired) electrons. The molecule has 0 aromatic heterocycles. The van der Waals surface area contributed by atoms with Gasteiger partial charge in [-0.25, -0.2) is 0 Å². The Morgan fingerprint density at radius 2 is 2.06 bits per heavy atom. The van der Waals surface area contributed by atoms with Crippen molar-refractivity contribution in [3.8, 4) is 5.75 Å². The van der Waals surface area contributed by atoms with Gasteiger partial charge in [0.15, 0.2) is 0 Å². The molecule has 17 heavy (non-hydrogen) atoms. The summed E-state index contributed by atoms with van der Waals surface area (Å²) in [4.78, 5) is 0. The quantitative estimate of drug-likeness (QED) is 0.843. The van der Waals surface area contributed by atoms with Crippen LogP contribution < -0.4 is 10.1 Å². The number of hydrogen-bond acceptors (Lipinski definition) is 3. The third-order valence-electron chi connectivity index (χ3n) is 2.90. The lowest BCUT2D eigenvalue weighted by atomic mass is 9.94. The highest BCUT2D eigenvalue weighted by atomic mass is 19.3. The first kappa shape index (κ1) is 12.3. The van der Waals surface area contributed by atoms with Crippen LogP contribution in [-0.2, 0) is 6.42 Å². The van der Waals surface area contributed by atoms with E-state index in [4.69, 9.17) is 0 Å². The summed E-state index contributed by atoms with van der Waals surface area (Å²) in [6, 6.07) is 6.39. The summed E-state index contributed by atoms with van der Waals surface area (Å²) in [5.41, 5.74) is 0.197. The molecule has 1 heterocycles. The van der Waals surface area contributed by atoms with E-state index in [9.17, 15) is 13.9 Å². The Morgan fingerprint density at radius 3 is 2.59 bits per heavy atom. The maximum absolute atomic E-state index is 11.9. The molecule has 1 atom stereocenters. The van der Waals surface area contributed by atoms with Gasteiger partial charge in [-0.1, -0.05) is 12.1 Å². The highest BCUT2D eigenvalue weighted by Gasteiger charge is 2.30. The predicted molar refractivity (Wildman–Crippen MR) is 59.2 cm³/mol. The second kappa shape index (κ2) is 4.98. The summed E-state index contributed by atoms with van der Waals surface area (Å²) in [5.74, 6) is 0.139. The molecule has 1 aromatic rings. The zero-order valence-electron chi connectivity index (χ0n) is 9.33. The summed E-state index contributed by atoms with van der Waals surface area (Å²) in [6.45, 7) is -1.42. The zero-order valence-corrected chi connectivity index (χ0v) is 9.33. The van der Waals surface area contributed by atoms with Crippen molar-refractivity contribution in [2.45, 2.75) is 25.1 Å². The predicted octanol–water partition coefficient (Wildman–Crippen LogP) is 1.55. The molecule has 5 heteroatoms. The number of hydrogen-bond donors (Lipinski definition) is 2. The topological polar surface area (TPSA) is 41.5 Å². The maximum Gasteiger partial charge on any atom is 0.387 e. The first-order valence-electron chi connectivity index (χ1n) is 5.54. The number of aliphatic hydroxyl groups is 1. The lowest BCUT2D eigenvalue weighted by Gasteiger charge is -2.21. The normalized spacial score (nSPS) is 24.2. The van der Waals surface area contributed by atoms with Gasteiger partial charge in [0.05, 0.1) is 5.60 Å². The summed E-state index contributed by atoms with van der Waals surface area (Å²) < 4.78 is 28.1. The van der Waals surface area contributed by atoms with Crippen molar-refractivity contribution >= 4 is 0 Å². The third kappa shape index (κ3) is 3.38. The summed E-state index contributed by atoms with van der Waals surface area (Å²) in [7, 11) is 0. The average Bonchev–Trinajstić information content (AvgIpc) is 2.67. The van der Waals surface area contributed by atoms with Gasteiger partial charge in [0.2, 0.25) is 0 Å². The van der Waals surface area contributed by atoms with Crippen LogP contribution in [0.4, 0.5) is 8.78 Å². The van der Waals surface area contributed by atoms with E-state index in [2.05, 4.69) is 10.1 Å². The van der Waals surface area contributed by atoms with Crippen molar-refractivity contribution in [1.82, 2.24) is 5.32 Å². The van der Waals surface area contributed by atoms with Crippen LogP contribution in [0.2, 0.25) is 0 Å². The van der Waals surface area contributed by atoms with Gasteiger partial charge in [-0.2, -0.15) is 8.78 Å². The van der Waals surface area contributed by atoms with Gasteiger partial charge in [-0.15, -0.1) is 0 Å². The van der Waals surface area contributed by atoms with Crippen molar-refractivity contribution < 1.29 is 18.6 Å². The molecule has 1 aliphatic heterocycles. The molecule has 1 fully saturated rings. The number of rotatable bonds is 4. The standard InChI is InChI=1S/C12H15F2NO2/c13-11(14)17-10-3-1-9(2-4-10)7-12(16)5-6-15-8-12/h1-4,11,15-16H,5-8H2. The van der Waals surface area contributed by atoms with Crippen molar-refractivity contribution in [3.63, 3.8) is 0 Å². The molecule has 1 unspecified atom stereocenters. The zero-order chi connectivity index (χ0) is 12.3. The monoisotopic (exact) mass is 243 g/mol. The van der Waals surface area contributed by atoms with Gasteiger partial charge in [0.25, 0.3) is 0 Å². The fourth-order valence-corrected chi connectivity index (χ4v) is 2.05. The van der Waals surface area contributed by atoms with Crippen molar-refractivity contribution in [1.29, 1.82) is 0 Å². The number of β-amino-alcohol motifs (C(OH)–C–C–N with tert-alkyl or cyclic N) is 1. The van der Waals surface area contributed by atoms with Gasteiger partial charge < -0.3 is 15.2 Å². The molecule has 1 aliphatic rings. The molecule has 3 nitrogen and oxygen atoms in total. The molecule has 1 aromatic carbocycles. The van der Waals surface area contributed by atoms with E-state index >= 15 is 0 Å². The molecule has 0 bridgehead atoms. The van der Waals surface area contributed by atoms with Gasteiger partial charge in [-0.3, -0.25) is 0 Å². The number of halogens is 2. The van der Waals surface area contributed by atoms with E-state index in [1.54, 1.807) is 12.1 Å². The van der Waals surface area contributed by atoms with Crippen LogP contribution >= 0.6 is 0 Å². The Morgan fingerprint density at radius 1 is 1.35 bits per heavy atom. The lowest BCUT2D eigenvalue weighted by molar-refractivity contribution is -0.0498. The Kier molecular flexibility index (Phi) is 3.59. The Labute approximate surface area is 98.4 Å². The van der Waals surface area contributed by atoms with E-state index < -0.39 is 12.2 Å². The maximum atomic E-state index is 11.9. The first-order valence-corrected chi connectivity index (χ1v) is 5.54. The highest BCUT2D eigenvalue weighted by Crippen LogP contribution is 2.22. The molecular formula is C12H15F2NO2. The summed E-state index contributed by atoms with van der Waals surface area (Å²) in [5, 5.41) is 13.2. The average molecular weight is 243 g/mol. The Balaban J connectivity index is 1.98. The summed E-state index contributed by atoms with van der Waals surface area (Å²) >= 11 is 0. The van der Waals surface area contributed by atoms with E-state index in [-0.39, 0.29) is 5.75 Å². The number of nitrogens with one attached hydrogen (secondary N) is 1. The lowest BCUT2D eigenvalue weighted by Crippen LogP contribution is -2.33. The third-order valence-corrected chi connectivity index (χ3v) is 2.90. The molecular weight excluding hydrogens is 228 g/mol. The number of benzene rings is 1. The van der Waals surface area contributed by atoms with Gasteiger partial charge in [0, 0.05) is 13.0 Å². The fraction of sp³-hybridized carbons (Fsp3) is 0.500. The fourth-order valence-electron chi connectivity index (χ4n) is 2.05. The van der Waals surface area contributed by atoms with Crippen molar-refractivity contribution in [2.75, 3.05) is 13.1 Å². The molecule has 2 rings (SSSR count). The van der Waals surface area contributed by atoms with Gasteiger partial charge in [-0.05, 0) is 30.7 Å². The molecule has 0 spiro atoms. The van der Waals surface area contributed by atoms with Crippen molar-refractivity contribution in [2.24, 2.45) is 0 Å². The SMILES string of the molecule is OC1(Cc2ccc(OC(F)F)cc2)CCNC1. The molecule has 1 saturated heterocycles. The van der Waals surface area contributed by atoms with Crippen LogP contribution in [0.3, 0.4) is 0 Å². The van der Waals surface area contributed by atoms with Crippen LogP contribution in [0.1, 0.15) is 12.0 Å². The second-order valence-electron chi connectivity index (χ2n) is 4.35. The Hall–Kier alpha value is -1.20. The van der Waals surface area contributed by atoms with Crippen LogP contribution in [0.25, 0.3) is 0 Å². The largest absolute Gasteiger partial charge is 0.435 e. The van der Waals surface area contributed by atoms with E-state index in [0.29, 0.717) is 19.4 Å². The molecule has 0 amide bonds. The molecule has 0 saturated carbocycles. The number of alkyl halides is 2. The van der Waals surface area contributed by atoms with Crippen LogP contribution in [-0.4, -0.2) is 30.4 Å². The van der Waals surface area contributed by atoms with Crippen LogP contribution in [0.5, 0.6) is 5.75 Å². The minimum absolute atomic E-state index is 0.139. The van der Waals surface area contributed by atoms with Crippen LogP contribution in [0.15, 0.2) is 24.3 Å². The molecule has 2 N–H and O–H groups in total. The minimum Gasteiger partial charge on any atom is -0.435 e. The second-order valence-corrected chi connectivity index (χ2v) is 4.35. The molecule has 0 aliphatic carbocycles. The van der Waals surface area contributed by atoms with Crippen molar-refractivity contribution in [3.05, 3.63) is 29.8 Å². The van der Waals surface area contributed by atoms with Crippen LogP contribution in [0, 0.1) is 0 Å². The minimum atomic E-state index is -2.80. The first-order chi connectivity index (χ1) is 8.07. The van der Waals surface area contributed by atoms with Gasteiger partial charge in [0.1, 0.15) is 5.75 Å². The van der Waals surface area contributed by atoms with E-state index in [1.165, 1.54) is 12.1 Å². The van der Waals surface area contributed by atoms with E-state index in [0.717, 1.165) is 12.1 Å². The smallest absolute Gasteiger partial charge is 0.387 e.